The Kier molecular flexibility index (Phi) is 23.0. The molecule has 0 aliphatic carbocycles. The first-order chi connectivity index (χ1) is 25.4. The van der Waals surface area contributed by atoms with Crippen molar-refractivity contribution >= 4 is 59.9 Å². The lowest BCUT2D eigenvalue weighted by Crippen LogP contribution is -3.00. The molecule has 5 N–H and O–H groups in total. The molecule has 1 saturated heterocycles. The molecule has 0 radical (unpaired) electrons. The first-order valence-corrected chi connectivity index (χ1v) is 19.3. The Bertz CT molecular complexity index is 1600. The van der Waals surface area contributed by atoms with Crippen LogP contribution in [0.2, 0.25) is 5.15 Å². The third kappa shape index (κ3) is 16.0. The molecule has 12 nitrogen and oxygen atoms in total. The standard InChI is InChI=1S/C40H60ClN9O3.3ClH/c1-47(2)22-9-24-49(25-10-23-48(3)4)40(52)32-18-14-30(15-19-32)11-6-26-50(27-7-12-31-16-20-34(53-5)21-17-31)28-8-13-33(29-50)44-39(51)35-37(42)46-38(43)36(41)45-35;;;/h14-21,33H,6-13,22-29H2,1-5H3,(H4-,42,43,44,46,51);3*1H. The molecule has 1 aromatic heterocycles. The maximum absolute atomic E-state index is 13.6. The highest BCUT2D eigenvalue weighted by atomic mass is 35.5. The van der Waals surface area contributed by atoms with Crippen molar-refractivity contribution < 1.29 is 31.2 Å². The molecule has 0 bridgehead atoms. The van der Waals surface area contributed by atoms with Gasteiger partial charge in [-0.05, 0) is 115 Å². The van der Waals surface area contributed by atoms with E-state index in [0.717, 1.165) is 120 Å². The van der Waals surface area contributed by atoms with Crippen LogP contribution in [0.3, 0.4) is 0 Å². The number of aromatic nitrogens is 2. The highest BCUT2D eigenvalue weighted by molar-refractivity contribution is 6.31. The first-order valence-electron chi connectivity index (χ1n) is 18.9. The van der Waals surface area contributed by atoms with Gasteiger partial charge in [-0.3, -0.25) is 9.59 Å². The molecule has 3 aromatic rings. The number of nitrogen functional groups attached to an aromatic ring is 2. The van der Waals surface area contributed by atoms with Gasteiger partial charge in [0.2, 0.25) is 0 Å². The zero-order valence-electron chi connectivity index (χ0n) is 33.6. The Balaban J connectivity index is 0.00000523. The van der Waals surface area contributed by atoms with Crippen molar-refractivity contribution in [3.63, 3.8) is 0 Å². The lowest BCUT2D eigenvalue weighted by Gasteiger charge is -2.45. The van der Waals surface area contributed by atoms with Gasteiger partial charge >= 0.3 is 0 Å². The largest absolute Gasteiger partial charge is 1.00 e. The Morgan fingerprint density at radius 3 is 1.88 bits per heavy atom. The van der Waals surface area contributed by atoms with Gasteiger partial charge in [0.1, 0.15) is 5.75 Å². The summed E-state index contributed by atoms with van der Waals surface area (Å²) in [7, 11) is 9.95. The monoisotopic (exact) mass is 857 g/mol. The number of ether oxygens (including phenoxy) is 1. The maximum Gasteiger partial charge on any atom is 0.274 e. The second-order valence-electron chi connectivity index (χ2n) is 15.0. The predicted molar refractivity (Wildman–Crippen MR) is 229 cm³/mol. The quantitative estimate of drug-likeness (QED) is 0.146. The number of nitrogens with zero attached hydrogens (tertiary/aromatic N) is 6. The van der Waals surface area contributed by atoms with Crippen LogP contribution < -0.4 is 33.9 Å². The number of amides is 2. The van der Waals surface area contributed by atoms with Crippen molar-refractivity contribution in [1.82, 2.24) is 30.0 Å². The number of hydrogen-bond donors (Lipinski definition) is 3. The van der Waals surface area contributed by atoms with Crippen molar-refractivity contribution in [2.45, 2.75) is 57.4 Å². The minimum Gasteiger partial charge on any atom is -1.00 e. The van der Waals surface area contributed by atoms with Crippen LogP contribution in [0, 0.1) is 0 Å². The van der Waals surface area contributed by atoms with E-state index in [1.807, 2.05) is 29.2 Å². The van der Waals surface area contributed by atoms with E-state index >= 15 is 0 Å². The Labute approximate surface area is 357 Å². The van der Waals surface area contributed by atoms with Crippen LogP contribution in [0.15, 0.2) is 48.5 Å². The number of anilines is 2. The SMILES string of the molecule is COc1ccc(CCC[N+]2(CCCc3ccc(C(=O)N(CCCN(C)C)CCCN(C)C)cc3)CCCC(NC(=O)c3nc(Cl)c(N)nc3N)C2)cc1.Cl.Cl.[Cl-]. The molecule has 2 heterocycles. The number of hydrogen-bond acceptors (Lipinski definition) is 9. The molecule has 56 heavy (non-hydrogen) atoms. The number of carbonyl (C=O) groups is 2. The predicted octanol–water partition coefficient (Wildman–Crippen LogP) is 2.47. The number of quaternary nitrogens is 1. The number of rotatable bonds is 20. The van der Waals surface area contributed by atoms with E-state index in [1.54, 1.807) is 7.11 Å². The van der Waals surface area contributed by atoms with Crippen molar-refractivity contribution in [2.75, 3.05) is 99.1 Å². The van der Waals surface area contributed by atoms with E-state index < -0.39 is 0 Å². The van der Waals surface area contributed by atoms with Gasteiger partial charge in [-0.2, -0.15) is 0 Å². The van der Waals surface area contributed by atoms with Crippen molar-refractivity contribution in [2.24, 2.45) is 0 Å². The number of likely N-dealkylation sites (tertiary alicyclic amines) is 1. The van der Waals surface area contributed by atoms with Crippen LogP contribution in [0.5, 0.6) is 5.75 Å². The molecule has 314 valence electrons. The lowest BCUT2D eigenvalue weighted by molar-refractivity contribution is -0.933. The second-order valence-corrected chi connectivity index (χ2v) is 15.4. The van der Waals surface area contributed by atoms with E-state index in [-0.39, 0.29) is 77.6 Å². The number of piperidine rings is 1. The molecule has 2 aromatic carbocycles. The summed E-state index contributed by atoms with van der Waals surface area (Å²) in [6.07, 6.45) is 7.65. The zero-order chi connectivity index (χ0) is 38.4. The van der Waals surface area contributed by atoms with Gasteiger partial charge in [0.25, 0.3) is 11.8 Å². The van der Waals surface area contributed by atoms with E-state index in [2.05, 4.69) is 77.5 Å². The number of aryl methyl sites for hydroxylation is 2. The zero-order valence-corrected chi connectivity index (χ0v) is 36.8. The summed E-state index contributed by atoms with van der Waals surface area (Å²) < 4.78 is 6.26. The van der Waals surface area contributed by atoms with Gasteiger partial charge in [0.15, 0.2) is 22.5 Å². The van der Waals surface area contributed by atoms with Crippen molar-refractivity contribution in [3.8, 4) is 5.75 Å². The maximum atomic E-state index is 13.6. The second kappa shape index (κ2) is 25.3. The molecular formula is C40H63Cl4N9O3. The number of halogens is 4. The molecule has 1 fully saturated rings. The Morgan fingerprint density at radius 2 is 1.36 bits per heavy atom. The number of nitrogens with two attached hydrogens (primary N) is 2. The van der Waals surface area contributed by atoms with Gasteiger partial charge in [0, 0.05) is 31.5 Å². The molecule has 0 spiro atoms. The van der Waals surface area contributed by atoms with E-state index in [4.69, 9.17) is 27.8 Å². The van der Waals surface area contributed by atoms with Crippen molar-refractivity contribution in [1.29, 1.82) is 0 Å². The third-order valence-corrected chi connectivity index (χ3v) is 10.4. The molecule has 2 unspecified atom stereocenters. The Morgan fingerprint density at radius 1 is 0.821 bits per heavy atom. The number of carbonyl (C=O) groups excluding carboxylic acids is 2. The molecule has 16 heteroatoms. The first kappa shape index (κ1) is 50.9. The normalized spacial score (nSPS) is 16.3. The fourth-order valence-electron chi connectivity index (χ4n) is 7.32. The van der Waals surface area contributed by atoms with E-state index in [9.17, 15) is 9.59 Å². The highest BCUT2D eigenvalue weighted by Crippen LogP contribution is 2.24. The molecule has 2 amide bonds. The molecule has 1 aliphatic rings. The fourth-order valence-corrected chi connectivity index (χ4v) is 7.44. The minimum atomic E-state index is -0.385. The third-order valence-electron chi connectivity index (χ3n) is 10.2. The van der Waals surface area contributed by atoms with Gasteiger partial charge < -0.3 is 53.1 Å². The highest BCUT2D eigenvalue weighted by Gasteiger charge is 2.35. The summed E-state index contributed by atoms with van der Waals surface area (Å²) in [5.74, 6) is 0.541. The van der Waals surface area contributed by atoms with Gasteiger partial charge in [0.05, 0.1) is 39.3 Å². The van der Waals surface area contributed by atoms with Gasteiger partial charge in [-0.15, -0.1) is 24.8 Å². The average Bonchev–Trinajstić information content (AvgIpc) is 3.12. The van der Waals surface area contributed by atoms with E-state index in [0.29, 0.717) is 0 Å². The summed E-state index contributed by atoms with van der Waals surface area (Å²) in [5, 5.41) is 3.14. The summed E-state index contributed by atoms with van der Waals surface area (Å²) >= 11 is 6.08. The van der Waals surface area contributed by atoms with Crippen LogP contribution in [-0.4, -0.2) is 135 Å². The summed E-state index contributed by atoms with van der Waals surface area (Å²) in [6.45, 7) is 7.25. The molecule has 1 aliphatic heterocycles. The number of benzene rings is 2. The van der Waals surface area contributed by atoms with Crippen LogP contribution in [0.25, 0.3) is 0 Å². The topological polar surface area (TPSA) is 143 Å². The Hall–Kier alpha value is -3.10. The molecular weight excluding hydrogens is 796 g/mol. The molecule has 0 saturated carbocycles. The summed E-state index contributed by atoms with van der Waals surface area (Å²) in [4.78, 5) is 41.3. The lowest BCUT2D eigenvalue weighted by atomic mass is 9.98. The molecule has 4 rings (SSSR count). The number of methoxy groups -OCH3 is 1. The van der Waals surface area contributed by atoms with E-state index in [1.165, 1.54) is 11.1 Å². The summed E-state index contributed by atoms with van der Waals surface area (Å²) in [5.41, 5.74) is 15.0. The smallest absolute Gasteiger partial charge is 0.274 e. The van der Waals surface area contributed by atoms with Gasteiger partial charge in [-0.25, -0.2) is 9.97 Å². The van der Waals surface area contributed by atoms with Crippen LogP contribution in [-0.2, 0) is 12.8 Å². The van der Waals surface area contributed by atoms with Gasteiger partial charge in [-0.1, -0.05) is 35.9 Å². The number of nitrogens with one attached hydrogen (secondary N) is 1. The average molecular weight is 860 g/mol. The van der Waals surface area contributed by atoms with Crippen LogP contribution >= 0.6 is 36.4 Å². The summed E-state index contributed by atoms with van der Waals surface area (Å²) in [6, 6.07) is 16.5. The van der Waals surface area contributed by atoms with Crippen LogP contribution in [0.4, 0.5) is 11.6 Å². The minimum absolute atomic E-state index is 0. The fraction of sp³-hybridized carbons (Fsp3) is 0.550. The molecule has 2 atom stereocenters. The van der Waals surface area contributed by atoms with Crippen LogP contribution in [0.1, 0.15) is 70.5 Å². The van der Waals surface area contributed by atoms with Crippen molar-refractivity contribution in [3.05, 3.63) is 76.1 Å².